The summed E-state index contributed by atoms with van der Waals surface area (Å²) in [5, 5.41) is 17.8. The van der Waals surface area contributed by atoms with E-state index >= 15 is 0 Å². The van der Waals surface area contributed by atoms with Gasteiger partial charge in [0.05, 0.1) is 11.7 Å². The zero-order chi connectivity index (χ0) is 16.7. The van der Waals surface area contributed by atoms with Gasteiger partial charge in [-0.2, -0.15) is 5.10 Å². The Morgan fingerprint density at radius 1 is 1.21 bits per heavy atom. The molecule has 120 valence electrons. The maximum absolute atomic E-state index is 12.1. The van der Waals surface area contributed by atoms with Crippen LogP contribution in [0.5, 0.6) is 0 Å². The van der Waals surface area contributed by atoms with Gasteiger partial charge in [-0.05, 0) is 28.8 Å². The van der Waals surface area contributed by atoms with Crippen LogP contribution in [-0.2, 0) is 6.42 Å². The number of carboxylic acid groups (broad SMARTS) is 1. The van der Waals surface area contributed by atoms with Crippen LogP contribution in [0.25, 0.3) is 16.8 Å². The number of amides is 1. The predicted octanol–water partition coefficient (Wildman–Crippen LogP) is 2.09. The summed E-state index contributed by atoms with van der Waals surface area (Å²) in [4.78, 5) is 23.1. The van der Waals surface area contributed by atoms with E-state index in [-0.39, 0.29) is 5.69 Å². The van der Waals surface area contributed by atoms with Crippen molar-refractivity contribution in [2.45, 2.75) is 12.5 Å². The highest BCUT2D eigenvalue weighted by molar-refractivity contribution is 5.68. The van der Waals surface area contributed by atoms with Crippen molar-refractivity contribution in [1.29, 1.82) is 0 Å². The molecule has 0 saturated heterocycles. The van der Waals surface area contributed by atoms with Crippen molar-refractivity contribution in [3.63, 3.8) is 0 Å². The Labute approximate surface area is 136 Å². The first-order chi connectivity index (χ1) is 11.6. The monoisotopic (exact) mass is 322 g/mol. The molecule has 1 atom stereocenters. The van der Waals surface area contributed by atoms with E-state index in [1.54, 1.807) is 0 Å². The number of nitrogens with zero attached hydrogens (tertiary/aromatic N) is 2. The molecule has 1 amide bonds. The van der Waals surface area contributed by atoms with Gasteiger partial charge in [0.25, 0.3) is 0 Å². The highest BCUT2D eigenvalue weighted by atomic mass is 16.4. The van der Waals surface area contributed by atoms with Crippen LogP contribution in [0.2, 0.25) is 0 Å². The highest BCUT2D eigenvalue weighted by Crippen LogP contribution is 2.31. The first-order valence-corrected chi connectivity index (χ1v) is 7.49. The molecule has 0 bridgehead atoms. The van der Waals surface area contributed by atoms with Crippen LogP contribution in [0, 0.1) is 0 Å². The number of rotatable bonds is 2. The Kier molecular flexibility index (Phi) is 3.19. The van der Waals surface area contributed by atoms with Crippen LogP contribution in [0.15, 0.2) is 53.3 Å². The second-order valence-corrected chi connectivity index (χ2v) is 5.64. The minimum absolute atomic E-state index is 0.377. The standard InChI is InChI=1S/C17H14N4O3/c22-16-20-19-15-13(18-17(23)24)9-12-8-11(6-7-14(12)21(15)16)10-4-2-1-3-5-10/h1-8,13,18H,9H2,(H,20,22)(H,23,24). The van der Waals surface area contributed by atoms with Gasteiger partial charge in [-0.15, -0.1) is 0 Å². The van der Waals surface area contributed by atoms with Crippen LogP contribution < -0.4 is 11.0 Å². The number of fused-ring (bicyclic) bond motifs is 3. The molecule has 1 aliphatic heterocycles. The quantitative estimate of drug-likeness (QED) is 0.672. The fourth-order valence-electron chi connectivity index (χ4n) is 3.13. The van der Waals surface area contributed by atoms with Crippen LogP contribution >= 0.6 is 0 Å². The van der Waals surface area contributed by atoms with Gasteiger partial charge in [0.1, 0.15) is 0 Å². The average Bonchev–Trinajstić information content (AvgIpc) is 2.97. The number of aromatic nitrogens is 3. The number of benzene rings is 2. The number of hydrogen-bond acceptors (Lipinski definition) is 3. The van der Waals surface area contributed by atoms with E-state index < -0.39 is 12.1 Å². The summed E-state index contributed by atoms with van der Waals surface area (Å²) in [6.45, 7) is 0. The first kappa shape index (κ1) is 14.3. The Hall–Kier alpha value is -3.35. The van der Waals surface area contributed by atoms with Crippen LogP contribution in [0.4, 0.5) is 4.79 Å². The minimum atomic E-state index is -1.15. The summed E-state index contributed by atoms with van der Waals surface area (Å²) in [6, 6.07) is 15.1. The molecule has 4 rings (SSSR count). The van der Waals surface area contributed by atoms with Gasteiger partial charge in [0.15, 0.2) is 5.82 Å². The van der Waals surface area contributed by atoms with E-state index in [2.05, 4.69) is 15.5 Å². The van der Waals surface area contributed by atoms with Crippen LogP contribution in [-0.4, -0.2) is 26.0 Å². The highest BCUT2D eigenvalue weighted by Gasteiger charge is 2.29. The molecule has 3 N–H and O–H groups in total. The topological polar surface area (TPSA) is 100 Å². The van der Waals surface area contributed by atoms with Gasteiger partial charge < -0.3 is 10.4 Å². The summed E-state index contributed by atoms with van der Waals surface area (Å²) in [5.74, 6) is 0.377. The summed E-state index contributed by atoms with van der Waals surface area (Å²) in [5.41, 5.74) is 3.32. The Morgan fingerprint density at radius 3 is 2.75 bits per heavy atom. The molecule has 0 spiro atoms. The Balaban J connectivity index is 1.85. The molecule has 0 radical (unpaired) electrons. The maximum Gasteiger partial charge on any atom is 0.405 e. The molecular weight excluding hydrogens is 308 g/mol. The molecule has 0 aliphatic carbocycles. The molecule has 7 heteroatoms. The number of hydrogen-bond donors (Lipinski definition) is 3. The SMILES string of the molecule is O=C(O)NC1Cc2cc(-c3ccccc3)ccc2-n2c1n[nH]c2=O. The fourth-order valence-corrected chi connectivity index (χ4v) is 3.13. The lowest BCUT2D eigenvalue weighted by Gasteiger charge is -2.25. The number of aromatic amines is 1. The van der Waals surface area contributed by atoms with E-state index in [1.165, 1.54) is 4.57 Å². The van der Waals surface area contributed by atoms with E-state index in [0.717, 1.165) is 22.4 Å². The molecule has 2 heterocycles. The molecule has 2 aromatic carbocycles. The fraction of sp³-hybridized carbons (Fsp3) is 0.118. The molecule has 24 heavy (non-hydrogen) atoms. The molecule has 0 fully saturated rings. The largest absolute Gasteiger partial charge is 0.465 e. The normalized spacial score (nSPS) is 15.4. The van der Waals surface area contributed by atoms with Crippen molar-refractivity contribution in [3.8, 4) is 16.8 Å². The number of H-pyrrole nitrogens is 1. The zero-order valence-electron chi connectivity index (χ0n) is 12.6. The smallest absolute Gasteiger partial charge is 0.405 e. The third-order valence-corrected chi connectivity index (χ3v) is 4.16. The van der Waals surface area contributed by atoms with E-state index in [9.17, 15) is 9.59 Å². The van der Waals surface area contributed by atoms with Crippen molar-refractivity contribution in [2.24, 2.45) is 0 Å². The second-order valence-electron chi connectivity index (χ2n) is 5.64. The lowest BCUT2D eigenvalue weighted by atomic mass is 9.95. The summed E-state index contributed by atoms with van der Waals surface area (Å²) >= 11 is 0. The summed E-state index contributed by atoms with van der Waals surface area (Å²) in [6.07, 6.45) is -0.711. The zero-order valence-corrected chi connectivity index (χ0v) is 12.6. The molecule has 3 aromatic rings. The minimum Gasteiger partial charge on any atom is -0.465 e. The Bertz CT molecular complexity index is 975. The maximum atomic E-state index is 12.1. The summed E-state index contributed by atoms with van der Waals surface area (Å²) in [7, 11) is 0. The average molecular weight is 322 g/mol. The van der Waals surface area contributed by atoms with E-state index in [1.807, 2.05) is 48.5 Å². The molecule has 0 saturated carbocycles. The summed E-state index contributed by atoms with van der Waals surface area (Å²) < 4.78 is 1.42. The number of nitrogens with one attached hydrogen (secondary N) is 2. The van der Waals surface area contributed by atoms with Crippen molar-refractivity contribution in [2.75, 3.05) is 0 Å². The van der Waals surface area contributed by atoms with Crippen molar-refractivity contribution >= 4 is 6.09 Å². The molecule has 1 aliphatic rings. The molecular formula is C17H14N4O3. The first-order valence-electron chi connectivity index (χ1n) is 7.49. The van der Waals surface area contributed by atoms with Gasteiger partial charge in [-0.3, -0.25) is 0 Å². The van der Waals surface area contributed by atoms with Crippen LogP contribution in [0.3, 0.4) is 0 Å². The van der Waals surface area contributed by atoms with Crippen molar-refractivity contribution in [1.82, 2.24) is 20.1 Å². The molecule has 1 aromatic heterocycles. The van der Waals surface area contributed by atoms with Crippen LogP contribution in [0.1, 0.15) is 17.4 Å². The van der Waals surface area contributed by atoms with Gasteiger partial charge >= 0.3 is 11.8 Å². The van der Waals surface area contributed by atoms with E-state index in [0.29, 0.717) is 12.2 Å². The molecule has 1 unspecified atom stereocenters. The van der Waals surface area contributed by atoms with Crippen molar-refractivity contribution < 1.29 is 9.90 Å². The lowest BCUT2D eigenvalue weighted by Crippen LogP contribution is -2.35. The molecule has 7 nitrogen and oxygen atoms in total. The third kappa shape index (κ3) is 2.26. The predicted molar refractivity (Wildman–Crippen MR) is 87.2 cm³/mol. The van der Waals surface area contributed by atoms with E-state index in [4.69, 9.17) is 5.11 Å². The number of carbonyl (C=O) groups is 1. The van der Waals surface area contributed by atoms with Gasteiger partial charge in [0.2, 0.25) is 0 Å². The lowest BCUT2D eigenvalue weighted by molar-refractivity contribution is 0.188. The van der Waals surface area contributed by atoms with Gasteiger partial charge in [0, 0.05) is 6.42 Å². The Morgan fingerprint density at radius 2 is 2.00 bits per heavy atom. The third-order valence-electron chi connectivity index (χ3n) is 4.16. The van der Waals surface area contributed by atoms with Gasteiger partial charge in [-0.1, -0.05) is 36.4 Å². The van der Waals surface area contributed by atoms with Crippen molar-refractivity contribution in [3.05, 3.63) is 70.4 Å². The second kappa shape index (κ2) is 5.38. The van der Waals surface area contributed by atoms with Gasteiger partial charge in [-0.25, -0.2) is 19.3 Å².